The molecule has 0 bridgehead atoms. The predicted octanol–water partition coefficient (Wildman–Crippen LogP) is 3.05. The van der Waals surface area contributed by atoms with E-state index in [9.17, 15) is 13.2 Å². The lowest BCUT2D eigenvalue weighted by atomic mass is 10.2. The zero-order chi connectivity index (χ0) is 17.0. The fourth-order valence-electron chi connectivity index (χ4n) is 1.89. The first-order valence-corrected chi connectivity index (χ1v) is 8.45. The quantitative estimate of drug-likeness (QED) is 0.643. The van der Waals surface area contributed by atoms with Gasteiger partial charge in [0.1, 0.15) is 0 Å². The molecule has 0 saturated carbocycles. The van der Waals surface area contributed by atoms with Crippen molar-refractivity contribution in [2.45, 2.75) is 25.7 Å². The average molecular weight is 327 g/mol. The van der Waals surface area contributed by atoms with Crippen LogP contribution in [0.25, 0.3) is 0 Å². The Hall–Kier alpha value is -2.58. The molecule has 0 aliphatic heterocycles. The largest absolute Gasteiger partial charge is 0.285 e. The number of nitrogens with zero attached hydrogens (tertiary/aromatic N) is 1. The van der Waals surface area contributed by atoms with Gasteiger partial charge in [0, 0.05) is 13.0 Å². The molecule has 0 spiro atoms. The first-order chi connectivity index (χ1) is 10.8. The lowest BCUT2D eigenvalue weighted by Crippen LogP contribution is -2.26. The third-order valence-corrected chi connectivity index (χ3v) is 4.81. The molecule has 0 aliphatic carbocycles. The molecule has 0 unspecified atom stereocenters. The Kier molecular flexibility index (Phi) is 4.87. The molecule has 118 valence electrons. The maximum absolute atomic E-state index is 12.9. The maximum Gasteiger partial charge on any atom is 0.275 e. The second kappa shape index (κ2) is 6.67. The van der Waals surface area contributed by atoms with Gasteiger partial charge >= 0.3 is 0 Å². The van der Waals surface area contributed by atoms with Crippen LogP contribution in [0, 0.1) is 25.8 Å². The minimum atomic E-state index is -3.87. The van der Waals surface area contributed by atoms with Gasteiger partial charge in [-0.2, -0.15) is 4.31 Å². The number of Topliss-reactive ketones (excluding diaryl/α,β-unsaturated/α-hetero) is 1. The maximum atomic E-state index is 12.9. The first kappa shape index (κ1) is 16.8. The number of benzene rings is 2. The number of anilines is 1. The third-order valence-electron chi connectivity index (χ3n) is 3.16. The molecular weight excluding hydrogens is 310 g/mol. The van der Waals surface area contributed by atoms with Crippen molar-refractivity contribution >= 4 is 21.5 Å². The van der Waals surface area contributed by atoms with E-state index in [0.717, 1.165) is 15.4 Å². The molecule has 0 aromatic heterocycles. The zero-order valence-corrected chi connectivity index (χ0v) is 14.0. The van der Waals surface area contributed by atoms with Crippen LogP contribution in [-0.2, 0) is 14.8 Å². The van der Waals surface area contributed by atoms with Crippen LogP contribution in [0.15, 0.2) is 53.4 Å². The summed E-state index contributed by atoms with van der Waals surface area (Å²) in [6, 6.07) is 15.9. The molecule has 0 fully saturated rings. The van der Waals surface area contributed by atoms with E-state index >= 15 is 0 Å². The Labute approximate surface area is 136 Å². The standard InChI is InChI=1S/C18H17NO3S/c1-14-4-8-17(9-5-14)19(13-12-16(3)20)23(21,22)18-10-6-15(2)7-11-18/h4-11H,1-3H3. The van der Waals surface area contributed by atoms with Crippen molar-refractivity contribution in [3.8, 4) is 12.0 Å². The Morgan fingerprint density at radius 1 is 0.913 bits per heavy atom. The van der Waals surface area contributed by atoms with E-state index in [0.29, 0.717) is 5.69 Å². The van der Waals surface area contributed by atoms with Crippen LogP contribution in [0.5, 0.6) is 0 Å². The smallest absolute Gasteiger partial charge is 0.275 e. The van der Waals surface area contributed by atoms with Crippen LogP contribution >= 0.6 is 0 Å². The van der Waals surface area contributed by atoms with Crippen LogP contribution in [0.4, 0.5) is 5.69 Å². The molecular formula is C18H17NO3S. The van der Waals surface area contributed by atoms with Crippen molar-refractivity contribution in [2.24, 2.45) is 0 Å². The second-order valence-corrected chi connectivity index (χ2v) is 7.00. The molecule has 0 aliphatic rings. The van der Waals surface area contributed by atoms with Gasteiger partial charge in [0.05, 0.1) is 10.6 Å². The van der Waals surface area contributed by atoms with Gasteiger partial charge in [0.15, 0.2) is 0 Å². The van der Waals surface area contributed by atoms with Crippen LogP contribution in [0.3, 0.4) is 0 Å². The molecule has 0 heterocycles. The van der Waals surface area contributed by atoms with E-state index < -0.39 is 15.8 Å². The summed E-state index contributed by atoms with van der Waals surface area (Å²) < 4.78 is 26.7. The summed E-state index contributed by atoms with van der Waals surface area (Å²) in [5.74, 6) is 1.90. The molecule has 0 saturated heterocycles. The van der Waals surface area contributed by atoms with E-state index in [1.807, 2.05) is 13.8 Å². The van der Waals surface area contributed by atoms with Gasteiger partial charge in [-0.1, -0.05) is 35.4 Å². The molecule has 0 amide bonds. The summed E-state index contributed by atoms with van der Waals surface area (Å²) in [5, 5.41) is 0. The number of ketones is 1. The van der Waals surface area contributed by atoms with E-state index in [1.165, 1.54) is 19.1 Å². The average Bonchev–Trinajstić information content (AvgIpc) is 2.49. The van der Waals surface area contributed by atoms with Gasteiger partial charge in [0.2, 0.25) is 5.78 Å². The molecule has 2 rings (SSSR count). The number of sulfonamides is 1. The van der Waals surface area contributed by atoms with Gasteiger partial charge < -0.3 is 0 Å². The third kappa shape index (κ3) is 3.99. The fourth-order valence-corrected chi connectivity index (χ4v) is 3.14. The van der Waals surface area contributed by atoms with E-state index in [1.54, 1.807) is 36.4 Å². The van der Waals surface area contributed by atoms with Crippen LogP contribution in [0.2, 0.25) is 0 Å². The molecule has 0 atom stereocenters. The molecule has 5 heteroatoms. The highest BCUT2D eigenvalue weighted by Crippen LogP contribution is 2.23. The van der Waals surface area contributed by atoms with Crippen molar-refractivity contribution in [1.29, 1.82) is 0 Å². The van der Waals surface area contributed by atoms with E-state index in [-0.39, 0.29) is 4.90 Å². The topological polar surface area (TPSA) is 54.5 Å². The van der Waals surface area contributed by atoms with Gasteiger partial charge in [-0.15, -0.1) is 0 Å². The monoisotopic (exact) mass is 327 g/mol. The highest BCUT2D eigenvalue weighted by Gasteiger charge is 2.23. The normalized spacial score (nSPS) is 10.6. The number of carbonyl (C=O) groups is 1. The molecule has 2 aromatic carbocycles. The highest BCUT2D eigenvalue weighted by molar-refractivity contribution is 7.93. The number of hydrogen-bond donors (Lipinski definition) is 0. The number of carbonyl (C=O) groups excluding carboxylic acids is 1. The van der Waals surface area contributed by atoms with E-state index in [4.69, 9.17) is 0 Å². The SMILES string of the molecule is CC(=O)C#CN(c1ccc(C)cc1)S(=O)(=O)c1ccc(C)cc1. The number of hydrogen-bond acceptors (Lipinski definition) is 3. The van der Waals surface area contributed by atoms with Crippen LogP contribution in [-0.4, -0.2) is 14.2 Å². The Morgan fingerprint density at radius 3 is 1.87 bits per heavy atom. The van der Waals surface area contributed by atoms with Crippen molar-refractivity contribution in [1.82, 2.24) is 0 Å². The first-order valence-electron chi connectivity index (χ1n) is 7.01. The molecule has 2 aromatic rings. The highest BCUT2D eigenvalue weighted by atomic mass is 32.2. The van der Waals surface area contributed by atoms with Crippen molar-refractivity contribution in [2.75, 3.05) is 4.31 Å². The zero-order valence-electron chi connectivity index (χ0n) is 13.2. The predicted molar refractivity (Wildman–Crippen MR) is 90.5 cm³/mol. The lowest BCUT2D eigenvalue weighted by Gasteiger charge is -2.18. The molecule has 4 nitrogen and oxygen atoms in total. The van der Waals surface area contributed by atoms with Crippen molar-refractivity contribution in [3.05, 3.63) is 59.7 Å². The summed E-state index contributed by atoms with van der Waals surface area (Å²) in [4.78, 5) is 11.3. The summed E-state index contributed by atoms with van der Waals surface area (Å²) in [7, 11) is -3.87. The van der Waals surface area contributed by atoms with Gasteiger partial charge in [-0.05, 0) is 44.0 Å². The van der Waals surface area contributed by atoms with Crippen LogP contribution < -0.4 is 4.31 Å². The minimum absolute atomic E-state index is 0.126. The van der Waals surface area contributed by atoms with Gasteiger partial charge in [-0.3, -0.25) is 4.79 Å². The summed E-state index contributed by atoms with van der Waals surface area (Å²) in [6.07, 6.45) is 0. The summed E-state index contributed by atoms with van der Waals surface area (Å²) in [5.41, 5.74) is 2.35. The Balaban J connectivity index is 2.57. The Morgan fingerprint density at radius 2 is 1.39 bits per heavy atom. The fraction of sp³-hybridized carbons (Fsp3) is 0.167. The summed E-state index contributed by atoms with van der Waals surface area (Å²) >= 11 is 0. The van der Waals surface area contributed by atoms with Crippen LogP contribution in [0.1, 0.15) is 18.1 Å². The lowest BCUT2D eigenvalue weighted by molar-refractivity contribution is -0.111. The van der Waals surface area contributed by atoms with Crippen molar-refractivity contribution < 1.29 is 13.2 Å². The summed E-state index contributed by atoms with van der Waals surface area (Å²) in [6.45, 7) is 5.08. The molecule has 0 radical (unpaired) electrons. The minimum Gasteiger partial charge on any atom is -0.285 e. The van der Waals surface area contributed by atoms with Crippen molar-refractivity contribution in [3.63, 3.8) is 0 Å². The van der Waals surface area contributed by atoms with E-state index in [2.05, 4.69) is 12.0 Å². The van der Waals surface area contributed by atoms with Gasteiger partial charge in [0.25, 0.3) is 10.0 Å². The van der Waals surface area contributed by atoms with Gasteiger partial charge in [-0.25, -0.2) is 8.42 Å². The second-order valence-electron chi connectivity index (χ2n) is 5.21. The number of aryl methyl sites for hydroxylation is 2. The Bertz CT molecular complexity index is 871. The molecule has 0 N–H and O–H groups in total. The molecule has 23 heavy (non-hydrogen) atoms. The number of rotatable bonds is 3.